The maximum Gasteiger partial charge on any atom is -0.0111 e. The van der Waals surface area contributed by atoms with Gasteiger partial charge < -0.3 is 0 Å². The summed E-state index contributed by atoms with van der Waals surface area (Å²) in [6.07, 6.45) is 0. The maximum absolute atomic E-state index is 4.93. The molecule has 0 saturated heterocycles. The number of hydrogen-bond acceptors (Lipinski definition) is 0. The van der Waals surface area contributed by atoms with Gasteiger partial charge >= 0.3 is 37.9 Å². The molecular formula is C31H24Cl2Zr. The van der Waals surface area contributed by atoms with Crippen LogP contribution in [0.1, 0.15) is 22.6 Å². The zero-order chi connectivity index (χ0) is 23.6. The Bertz CT molecular complexity index is 1300. The normalized spacial score (nSPS) is 10.2. The summed E-state index contributed by atoms with van der Waals surface area (Å²) in [7, 11) is 9.87. The summed E-state index contributed by atoms with van der Waals surface area (Å²) < 4.78 is 0. The van der Waals surface area contributed by atoms with Gasteiger partial charge in [0, 0.05) is 0 Å². The van der Waals surface area contributed by atoms with Gasteiger partial charge in [-0.15, -0.1) is 45.3 Å². The molecule has 0 heterocycles. The summed E-state index contributed by atoms with van der Waals surface area (Å²) in [4.78, 5) is 0. The van der Waals surface area contributed by atoms with Crippen molar-refractivity contribution in [3.8, 4) is 0 Å². The van der Waals surface area contributed by atoms with Gasteiger partial charge in [0.05, 0.1) is 0 Å². The Balaban J connectivity index is 0.000000150. The second-order valence-electron chi connectivity index (χ2n) is 7.86. The zero-order valence-corrected chi connectivity index (χ0v) is 22.6. The van der Waals surface area contributed by atoms with E-state index in [1.165, 1.54) is 38.2 Å². The smallest absolute Gasteiger partial charge is 0.0111 e. The van der Waals surface area contributed by atoms with Crippen LogP contribution >= 0.6 is 17.0 Å². The van der Waals surface area contributed by atoms with Crippen molar-refractivity contribution >= 4 is 38.6 Å². The van der Waals surface area contributed by atoms with Gasteiger partial charge in [-0.1, -0.05) is 97.1 Å². The fraction of sp³-hybridized carbons (Fsp3) is 0.0323. The number of rotatable bonds is 3. The van der Waals surface area contributed by atoms with Crippen molar-refractivity contribution in [3.63, 3.8) is 0 Å². The van der Waals surface area contributed by atoms with Gasteiger partial charge in [0.1, 0.15) is 0 Å². The molecule has 3 heteroatoms. The Labute approximate surface area is 220 Å². The average molecular weight is 559 g/mol. The number of benzene rings is 4. The van der Waals surface area contributed by atoms with Crippen LogP contribution in [0, 0.1) is 0 Å². The van der Waals surface area contributed by atoms with Gasteiger partial charge in [0.15, 0.2) is 0 Å². The minimum Gasteiger partial charge on any atom is -0.213 e. The van der Waals surface area contributed by atoms with Gasteiger partial charge in [-0.05, 0) is 17.0 Å². The molecular weight excluding hydrogens is 534 g/mol. The quantitative estimate of drug-likeness (QED) is 0.190. The van der Waals surface area contributed by atoms with E-state index in [1.54, 1.807) is 0 Å². The Hall–Kier alpha value is -2.44. The Morgan fingerprint density at radius 2 is 0.912 bits per heavy atom. The molecule has 0 nitrogen and oxygen atoms in total. The van der Waals surface area contributed by atoms with Crippen LogP contribution in [0.3, 0.4) is 0 Å². The Morgan fingerprint density at radius 3 is 1.35 bits per heavy atom. The van der Waals surface area contributed by atoms with E-state index < -0.39 is 20.8 Å². The number of halogens is 2. The molecule has 0 bridgehead atoms. The molecule has 6 rings (SSSR count). The number of fused-ring (bicyclic) bond motifs is 3. The van der Waals surface area contributed by atoms with Crippen LogP contribution < -0.4 is 0 Å². The monoisotopic (exact) mass is 556 g/mol. The first-order valence-electron chi connectivity index (χ1n) is 11.1. The molecule has 6 aromatic rings. The second kappa shape index (κ2) is 12.9. The summed E-state index contributed by atoms with van der Waals surface area (Å²) in [5, 5.41) is 5.39. The first-order valence-corrected chi connectivity index (χ1v) is 17.5. The minimum absolute atomic E-state index is 0.336. The predicted molar refractivity (Wildman–Crippen MR) is 145 cm³/mol. The van der Waals surface area contributed by atoms with E-state index in [4.69, 9.17) is 17.0 Å². The summed E-state index contributed by atoms with van der Waals surface area (Å²) in [6, 6.07) is 49.2. The molecule has 0 unspecified atom stereocenters. The van der Waals surface area contributed by atoms with E-state index in [9.17, 15) is 0 Å². The van der Waals surface area contributed by atoms with Crippen molar-refractivity contribution in [2.24, 2.45) is 0 Å². The summed E-state index contributed by atoms with van der Waals surface area (Å²) in [5.74, 6) is 0.336. The van der Waals surface area contributed by atoms with Crippen molar-refractivity contribution in [3.05, 3.63) is 156 Å². The molecule has 0 N–H and O–H groups in total. The van der Waals surface area contributed by atoms with Crippen LogP contribution in [0.4, 0.5) is 0 Å². The van der Waals surface area contributed by atoms with E-state index in [0.717, 1.165) is 0 Å². The minimum atomic E-state index is -0.826. The molecule has 0 radical (unpaired) electrons. The van der Waals surface area contributed by atoms with Gasteiger partial charge in [0.25, 0.3) is 0 Å². The van der Waals surface area contributed by atoms with Crippen molar-refractivity contribution in [1.29, 1.82) is 0 Å². The van der Waals surface area contributed by atoms with Crippen molar-refractivity contribution in [1.82, 2.24) is 0 Å². The van der Waals surface area contributed by atoms with Gasteiger partial charge in [-0.3, -0.25) is 0 Å². The van der Waals surface area contributed by atoms with Crippen LogP contribution in [0.2, 0.25) is 0 Å². The molecule has 0 spiro atoms. The molecule has 6 aromatic carbocycles. The topological polar surface area (TPSA) is 0 Å². The fourth-order valence-electron chi connectivity index (χ4n) is 4.35. The summed E-state index contributed by atoms with van der Waals surface area (Å²) in [5.41, 5.74) is 4.04. The molecule has 0 saturated carbocycles. The molecule has 166 valence electrons. The van der Waals surface area contributed by atoms with Crippen LogP contribution in [0.15, 0.2) is 140 Å². The van der Waals surface area contributed by atoms with E-state index in [0.29, 0.717) is 5.92 Å². The van der Waals surface area contributed by atoms with E-state index >= 15 is 0 Å². The first kappa shape index (κ1) is 24.7. The molecule has 0 atom stereocenters. The SMILES string of the molecule is [Cl][Zr+2][Cl].c1ccc(C(c2ccccc2)[c-]2cccc2)cc1.c1ccc2c(c1)[cH-]c1ccccc12. The third kappa shape index (κ3) is 6.16. The Morgan fingerprint density at radius 1 is 0.529 bits per heavy atom. The third-order valence-electron chi connectivity index (χ3n) is 5.81. The molecule has 0 fully saturated rings. The third-order valence-corrected chi connectivity index (χ3v) is 5.81. The van der Waals surface area contributed by atoms with Crippen molar-refractivity contribution in [2.45, 2.75) is 5.92 Å². The number of hydrogen-bond donors (Lipinski definition) is 0. The van der Waals surface area contributed by atoms with Crippen molar-refractivity contribution < 1.29 is 20.8 Å². The molecule has 0 aromatic heterocycles. The van der Waals surface area contributed by atoms with E-state index in [2.05, 4.69) is 140 Å². The second-order valence-corrected chi connectivity index (χ2v) is 11.6. The van der Waals surface area contributed by atoms with Crippen LogP contribution in [-0.4, -0.2) is 0 Å². The molecule has 0 aliphatic rings. The fourth-order valence-corrected chi connectivity index (χ4v) is 4.35. The molecule has 0 amide bonds. The van der Waals surface area contributed by atoms with Crippen molar-refractivity contribution in [2.75, 3.05) is 0 Å². The predicted octanol–water partition coefficient (Wildman–Crippen LogP) is 9.67. The molecule has 0 aliphatic heterocycles. The van der Waals surface area contributed by atoms with Gasteiger partial charge in [-0.25, -0.2) is 12.1 Å². The summed E-state index contributed by atoms with van der Waals surface area (Å²) in [6.45, 7) is 0. The Kier molecular flexibility index (Phi) is 9.34. The van der Waals surface area contributed by atoms with Crippen LogP contribution in [-0.2, 0) is 20.8 Å². The van der Waals surface area contributed by atoms with E-state index in [1.807, 2.05) is 0 Å². The average Bonchev–Trinajstić information content (AvgIpc) is 3.55. The first-order chi connectivity index (χ1) is 16.8. The van der Waals surface area contributed by atoms with Crippen LogP contribution in [0.5, 0.6) is 0 Å². The van der Waals surface area contributed by atoms with Gasteiger partial charge in [0.2, 0.25) is 0 Å². The maximum atomic E-state index is 4.93. The van der Waals surface area contributed by atoms with Crippen LogP contribution in [0.25, 0.3) is 21.5 Å². The van der Waals surface area contributed by atoms with Gasteiger partial charge in [-0.2, -0.15) is 12.1 Å². The standard InChI is InChI=1S/C18H15.C13H9.2ClH.Zr/c1-3-9-15(10-4-1)18(17-13-7-8-14-17)16-11-5-2-6-12-16;1-3-7-12-10(5-1)9-11-6-2-4-8-13(11)12;;;/h1-14,18H;1-9H;2*1H;/q2*-1;;;+4/p-2. The molecule has 0 aliphatic carbocycles. The summed E-state index contributed by atoms with van der Waals surface area (Å²) >= 11 is -0.826. The van der Waals surface area contributed by atoms with E-state index in [-0.39, 0.29) is 0 Å². The largest absolute Gasteiger partial charge is 0.213 e. The zero-order valence-electron chi connectivity index (χ0n) is 18.6. The molecule has 34 heavy (non-hydrogen) atoms.